The molecular formula is C23H23N3OS. The zero-order valence-corrected chi connectivity index (χ0v) is 16.8. The fourth-order valence-corrected chi connectivity index (χ4v) is 3.96. The summed E-state index contributed by atoms with van der Waals surface area (Å²) in [5, 5.41) is 9.79. The van der Waals surface area contributed by atoms with Gasteiger partial charge in [0.1, 0.15) is 0 Å². The van der Waals surface area contributed by atoms with Gasteiger partial charge in [-0.2, -0.15) is 4.98 Å². The summed E-state index contributed by atoms with van der Waals surface area (Å²) in [5.74, 6) is 1.72. The van der Waals surface area contributed by atoms with E-state index < -0.39 is 0 Å². The maximum atomic E-state index is 5.45. The second-order valence-corrected chi connectivity index (χ2v) is 8.01. The average Bonchev–Trinajstić information content (AvgIpc) is 3.42. The predicted molar refractivity (Wildman–Crippen MR) is 113 cm³/mol. The zero-order chi connectivity index (χ0) is 19.3. The van der Waals surface area contributed by atoms with Crippen LogP contribution < -0.4 is 5.32 Å². The first-order valence-corrected chi connectivity index (χ1v) is 10.3. The molecule has 0 radical (unpaired) electrons. The highest BCUT2D eigenvalue weighted by Crippen LogP contribution is 2.28. The van der Waals surface area contributed by atoms with Crippen molar-refractivity contribution < 1.29 is 4.52 Å². The molecule has 0 aliphatic heterocycles. The normalized spacial score (nSPS) is 12.4. The molecular weight excluding hydrogens is 366 g/mol. The molecule has 4 aromatic rings. The van der Waals surface area contributed by atoms with Gasteiger partial charge in [0.05, 0.1) is 12.6 Å². The summed E-state index contributed by atoms with van der Waals surface area (Å²) in [4.78, 5) is 5.79. The minimum Gasteiger partial charge on any atom is -0.338 e. The van der Waals surface area contributed by atoms with E-state index in [4.69, 9.17) is 4.52 Å². The van der Waals surface area contributed by atoms with E-state index in [1.165, 1.54) is 16.0 Å². The third kappa shape index (κ3) is 4.21. The molecule has 0 spiro atoms. The Morgan fingerprint density at radius 1 is 0.929 bits per heavy atom. The molecule has 2 heterocycles. The van der Waals surface area contributed by atoms with Gasteiger partial charge in [0.25, 0.3) is 0 Å². The van der Waals surface area contributed by atoms with Gasteiger partial charge in [-0.15, -0.1) is 11.3 Å². The quantitative estimate of drug-likeness (QED) is 0.434. The summed E-state index contributed by atoms with van der Waals surface area (Å²) in [5.41, 5.74) is 3.53. The van der Waals surface area contributed by atoms with Crippen LogP contribution in [0.4, 0.5) is 0 Å². The second kappa shape index (κ2) is 8.50. The van der Waals surface area contributed by atoms with Crippen LogP contribution in [0.2, 0.25) is 0 Å². The molecule has 5 heteroatoms. The van der Waals surface area contributed by atoms with Crippen LogP contribution >= 0.6 is 11.3 Å². The minimum atomic E-state index is 0.0910. The van der Waals surface area contributed by atoms with Crippen LogP contribution in [0.5, 0.6) is 0 Å². The topological polar surface area (TPSA) is 51.0 Å². The first kappa shape index (κ1) is 18.6. The zero-order valence-electron chi connectivity index (χ0n) is 16.0. The van der Waals surface area contributed by atoms with E-state index in [-0.39, 0.29) is 6.04 Å². The van der Waals surface area contributed by atoms with Gasteiger partial charge in [0.15, 0.2) is 0 Å². The van der Waals surface area contributed by atoms with E-state index >= 15 is 0 Å². The summed E-state index contributed by atoms with van der Waals surface area (Å²) in [6.07, 6.45) is 0. The molecule has 2 aromatic carbocycles. The molecule has 28 heavy (non-hydrogen) atoms. The van der Waals surface area contributed by atoms with E-state index in [2.05, 4.69) is 71.1 Å². The summed E-state index contributed by atoms with van der Waals surface area (Å²) in [6.45, 7) is 4.93. The Morgan fingerprint density at radius 2 is 1.68 bits per heavy atom. The van der Waals surface area contributed by atoms with Crippen molar-refractivity contribution in [3.8, 4) is 11.4 Å². The molecule has 0 saturated heterocycles. The van der Waals surface area contributed by atoms with Crippen LogP contribution in [0.1, 0.15) is 47.7 Å². The largest absolute Gasteiger partial charge is 0.338 e. The van der Waals surface area contributed by atoms with Crippen molar-refractivity contribution in [2.24, 2.45) is 0 Å². The fraction of sp³-hybridized carbons (Fsp3) is 0.217. The Balaban J connectivity index is 1.52. The fourth-order valence-electron chi connectivity index (χ4n) is 3.13. The second-order valence-electron chi connectivity index (χ2n) is 7.03. The van der Waals surface area contributed by atoms with Crippen LogP contribution in [0.15, 0.2) is 76.6 Å². The standard InChI is InChI=1S/C23H23N3OS/c1-16(2)17-10-12-18(13-11-17)22(20-9-6-14-28-20)24-15-21-25-23(26-27-21)19-7-4-3-5-8-19/h3-14,16,22,24H,15H2,1-2H3/t22-/m1/s1. The van der Waals surface area contributed by atoms with Gasteiger partial charge in [0.2, 0.25) is 11.7 Å². The number of aromatic nitrogens is 2. The van der Waals surface area contributed by atoms with Crippen molar-refractivity contribution >= 4 is 11.3 Å². The van der Waals surface area contributed by atoms with Crippen molar-refractivity contribution in [1.82, 2.24) is 15.5 Å². The van der Waals surface area contributed by atoms with Gasteiger partial charge in [0, 0.05) is 10.4 Å². The maximum Gasteiger partial charge on any atom is 0.240 e. The van der Waals surface area contributed by atoms with Gasteiger partial charge < -0.3 is 4.52 Å². The first-order valence-electron chi connectivity index (χ1n) is 9.45. The molecule has 142 valence electrons. The SMILES string of the molecule is CC(C)c1ccc([C@@H](NCc2nc(-c3ccccc3)no2)c2cccs2)cc1. The molecule has 0 aliphatic carbocycles. The van der Waals surface area contributed by atoms with E-state index in [1.807, 2.05) is 30.3 Å². The number of rotatable bonds is 7. The molecule has 0 unspecified atom stereocenters. The summed E-state index contributed by atoms with van der Waals surface area (Å²) < 4.78 is 5.45. The van der Waals surface area contributed by atoms with Crippen molar-refractivity contribution in [3.63, 3.8) is 0 Å². The third-order valence-corrected chi connectivity index (χ3v) is 5.66. The van der Waals surface area contributed by atoms with Crippen molar-refractivity contribution in [2.75, 3.05) is 0 Å². The Hall–Kier alpha value is -2.76. The van der Waals surface area contributed by atoms with E-state index in [0.29, 0.717) is 24.2 Å². The smallest absolute Gasteiger partial charge is 0.240 e. The molecule has 0 saturated carbocycles. The van der Waals surface area contributed by atoms with Gasteiger partial charge in [-0.25, -0.2) is 0 Å². The molecule has 1 N–H and O–H groups in total. The Bertz CT molecular complexity index is 992. The first-order chi connectivity index (χ1) is 13.7. The lowest BCUT2D eigenvalue weighted by Crippen LogP contribution is -2.21. The van der Waals surface area contributed by atoms with Crippen LogP contribution in [0, 0.1) is 0 Å². The average molecular weight is 390 g/mol. The molecule has 2 aromatic heterocycles. The Kier molecular flexibility index (Phi) is 5.65. The number of nitrogens with zero attached hydrogens (tertiary/aromatic N) is 2. The van der Waals surface area contributed by atoms with Gasteiger partial charge in [-0.1, -0.05) is 79.7 Å². The third-order valence-electron chi connectivity index (χ3n) is 4.72. The van der Waals surface area contributed by atoms with Gasteiger partial charge in [-0.05, 0) is 28.5 Å². The highest BCUT2D eigenvalue weighted by atomic mass is 32.1. The highest BCUT2D eigenvalue weighted by Gasteiger charge is 2.17. The summed E-state index contributed by atoms with van der Waals surface area (Å²) in [6, 6.07) is 23.0. The van der Waals surface area contributed by atoms with Crippen LogP contribution in [0.3, 0.4) is 0 Å². The molecule has 0 amide bonds. The molecule has 0 bridgehead atoms. The van der Waals surface area contributed by atoms with Crippen LogP contribution in [-0.4, -0.2) is 10.1 Å². The lowest BCUT2D eigenvalue weighted by molar-refractivity contribution is 0.363. The maximum absolute atomic E-state index is 5.45. The van der Waals surface area contributed by atoms with E-state index in [1.54, 1.807) is 11.3 Å². The number of thiophene rings is 1. The van der Waals surface area contributed by atoms with Gasteiger partial charge in [-0.3, -0.25) is 5.32 Å². The Labute approximate surface area is 169 Å². The predicted octanol–water partition coefficient (Wildman–Crippen LogP) is 5.80. The van der Waals surface area contributed by atoms with Crippen LogP contribution in [0.25, 0.3) is 11.4 Å². The molecule has 0 aliphatic rings. The lowest BCUT2D eigenvalue weighted by atomic mass is 9.98. The van der Waals surface area contributed by atoms with Crippen molar-refractivity contribution in [1.29, 1.82) is 0 Å². The van der Waals surface area contributed by atoms with Crippen molar-refractivity contribution in [3.05, 3.63) is 94.0 Å². The number of nitrogens with one attached hydrogen (secondary N) is 1. The number of benzene rings is 2. The molecule has 1 atom stereocenters. The highest BCUT2D eigenvalue weighted by molar-refractivity contribution is 7.10. The summed E-state index contributed by atoms with van der Waals surface area (Å²) >= 11 is 1.74. The number of hydrogen-bond donors (Lipinski definition) is 1. The number of hydrogen-bond acceptors (Lipinski definition) is 5. The summed E-state index contributed by atoms with van der Waals surface area (Å²) in [7, 11) is 0. The van der Waals surface area contributed by atoms with Gasteiger partial charge >= 0.3 is 0 Å². The van der Waals surface area contributed by atoms with E-state index in [0.717, 1.165) is 5.56 Å². The van der Waals surface area contributed by atoms with E-state index in [9.17, 15) is 0 Å². The minimum absolute atomic E-state index is 0.0910. The van der Waals surface area contributed by atoms with Crippen molar-refractivity contribution in [2.45, 2.75) is 32.4 Å². The van der Waals surface area contributed by atoms with Crippen LogP contribution in [-0.2, 0) is 6.54 Å². The molecule has 4 nitrogen and oxygen atoms in total. The molecule has 4 rings (SSSR count). The Morgan fingerprint density at radius 3 is 2.36 bits per heavy atom. The lowest BCUT2D eigenvalue weighted by Gasteiger charge is -2.18. The monoisotopic (exact) mass is 389 g/mol. The molecule has 0 fully saturated rings.